The highest BCUT2D eigenvalue weighted by Crippen LogP contribution is 2.34. The first-order valence-corrected chi connectivity index (χ1v) is 6.05. The van der Waals surface area contributed by atoms with E-state index in [2.05, 4.69) is 31.2 Å². The quantitative estimate of drug-likeness (QED) is 0.607. The number of fused-ring (bicyclic) bond motifs is 2. The van der Waals surface area contributed by atoms with E-state index in [0.29, 0.717) is 0 Å². The Morgan fingerprint density at radius 1 is 0.929 bits per heavy atom. The van der Waals surface area contributed by atoms with Crippen molar-refractivity contribution in [2.45, 2.75) is 6.92 Å². The van der Waals surface area contributed by atoms with Gasteiger partial charge in [-0.2, -0.15) is 0 Å². The molecule has 0 aliphatic heterocycles. The summed E-state index contributed by atoms with van der Waals surface area (Å²) in [7, 11) is 0. The Bertz CT molecular complexity index is 516. The van der Waals surface area contributed by atoms with E-state index in [1.54, 1.807) is 11.3 Å². The Balaban J connectivity index is 2.49. The van der Waals surface area contributed by atoms with Gasteiger partial charge in [0.2, 0.25) is 0 Å². The van der Waals surface area contributed by atoms with Crippen LogP contribution in [0.2, 0.25) is 0 Å². The van der Waals surface area contributed by atoms with Gasteiger partial charge in [-0.05, 0) is 42.0 Å². The zero-order valence-electron chi connectivity index (χ0n) is 7.70. The number of rotatable bonds is 0. The molecule has 70 valence electrons. The molecule has 1 aromatic carbocycles. The Morgan fingerprint density at radius 3 is 2.36 bits per heavy atom. The summed E-state index contributed by atoms with van der Waals surface area (Å²) in [5.41, 5.74) is 5.77. The van der Waals surface area contributed by atoms with E-state index < -0.39 is 0 Å². The molecule has 0 saturated heterocycles. The van der Waals surface area contributed by atoms with Crippen molar-refractivity contribution in [3.63, 3.8) is 0 Å². The Labute approximate surface area is 89.8 Å². The first-order valence-electron chi connectivity index (χ1n) is 4.41. The van der Waals surface area contributed by atoms with Crippen LogP contribution in [0.15, 0.2) is 24.3 Å². The molecule has 0 amide bonds. The molecular weight excluding hydrogens is 210 g/mol. The van der Waals surface area contributed by atoms with E-state index in [0.717, 1.165) is 5.00 Å². The second-order valence-electron chi connectivity index (χ2n) is 3.43. The lowest BCUT2D eigenvalue weighted by Crippen LogP contribution is -1.72. The van der Waals surface area contributed by atoms with Crippen LogP contribution in [0.4, 0.5) is 5.00 Å². The van der Waals surface area contributed by atoms with Crippen LogP contribution >= 0.6 is 22.7 Å². The van der Waals surface area contributed by atoms with Crippen LogP contribution in [0.1, 0.15) is 4.88 Å². The third kappa shape index (κ3) is 1.13. The number of benzene rings is 1. The van der Waals surface area contributed by atoms with Crippen molar-refractivity contribution in [2.75, 3.05) is 5.73 Å². The van der Waals surface area contributed by atoms with Crippen LogP contribution in [0.5, 0.6) is 0 Å². The van der Waals surface area contributed by atoms with E-state index in [1.165, 1.54) is 25.0 Å². The van der Waals surface area contributed by atoms with E-state index in [4.69, 9.17) is 5.73 Å². The fourth-order valence-electron chi connectivity index (χ4n) is 1.73. The van der Waals surface area contributed by atoms with Gasteiger partial charge in [0.25, 0.3) is 0 Å². The van der Waals surface area contributed by atoms with Gasteiger partial charge in [-0.3, -0.25) is 0 Å². The minimum absolute atomic E-state index is 0.898. The molecule has 0 atom stereocenters. The Kier molecular flexibility index (Phi) is 1.60. The van der Waals surface area contributed by atoms with E-state index in [9.17, 15) is 0 Å². The minimum Gasteiger partial charge on any atom is -0.391 e. The van der Waals surface area contributed by atoms with Crippen LogP contribution in [0.25, 0.3) is 20.2 Å². The lowest BCUT2D eigenvalue weighted by molar-refractivity contribution is 1.66. The molecule has 2 N–H and O–H groups in total. The molecule has 0 unspecified atom stereocenters. The molecule has 0 fully saturated rings. The second-order valence-corrected chi connectivity index (χ2v) is 5.84. The van der Waals surface area contributed by atoms with Gasteiger partial charge in [0.1, 0.15) is 0 Å². The van der Waals surface area contributed by atoms with Crippen molar-refractivity contribution < 1.29 is 0 Å². The van der Waals surface area contributed by atoms with Crippen molar-refractivity contribution in [1.29, 1.82) is 0 Å². The molecule has 0 saturated carbocycles. The summed E-state index contributed by atoms with van der Waals surface area (Å²) >= 11 is 3.50. The molecule has 0 bridgehead atoms. The third-order valence-corrected chi connectivity index (χ3v) is 4.24. The number of aryl methyl sites for hydroxylation is 1. The van der Waals surface area contributed by atoms with Gasteiger partial charge in [-0.1, -0.05) is 0 Å². The number of thiophene rings is 2. The first-order chi connectivity index (χ1) is 6.72. The van der Waals surface area contributed by atoms with Gasteiger partial charge < -0.3 is 5.73 Å². The topological polar surface area (TPSA) is 26.0 Å². The average molecular weight is 219 g/mol. The van der Waals surface area contributed by atoms with Crippen LogP contribution in [0, 0.1) is 6.92 Å². The van der Waals surface area contributed by atoms with Crippen LogP contribution in [-0.4, -0.2) is 0 Å². The van der Waals surface area contributed by atoms with Gasteiger partial charge >= 0.3 is 0 Å². The molecule has 14 heavy (non-hydrogen) atoms. The highest BCUT2D eigenvalue weighted by Gasteiger charge is 2.03. The van der Waals surface area contributed by atoms with Gasteiger partial charge in [0, 0.05) is 14.3 Å². The number of anilines is 1. The number of nitrogens with two attached hydrogens (primary N) is 1. The average Bonchev–Trinajstić information content (AvgIpc) is 2.59. The molecule has 0 aliphatic carbocycles. The summed E-state index contributed by atoms with van der Waals surface area (Å²) in [5.74, 6) is 0. The fourth-order valence-corrected chi connectivity index (χ4v) is 3.54. The number of nitrogen functional groups attached to an aromatic ring is 1. The maximum atomic E-state index is 5.77. The van der Waals surface area contributed by atoms with E-state index >= 15 is 0 Å². The summed E-state index contributed by atoms with van der Waals surface area (Å²) < 4.78 is 2.64. The predicted molar refractivity (Wildman–Crippen MR) is 66.4 cm³/mol. The lowest BCUT2D eigenvalue weighted by atomic mass is 10.2. The molecule has 3 rings (SSSR count). The normalized spacial score (nSPS) is 11.5. The molecular formula is C11H9NS2. The zero-order valence-corrected chi connectivity index (χ0v) is 9.34. The fraction of sp³-hybridized carbons (Fsp3) is 0.0909. The van der Waals surface area contributed by atoms with Gasteiger partial charge in [0.15, 0.2) is 0 Å². The molecule has 0 radical (unpaired) electrons. The minimum atomic E-state index is 0.898. The van der Waals surface area contributed by atoms with Crippen LogP contribution in [-0.2, 0) is 0 Å². The van der Waals surface area contributed by atoms with Crippen LogP contribution in [0.3, 0.4) is 0 Å². The molecule has 3 aromatic rings. The number of hydrogen-bond donors (Lipinski definition) is 1. The summed E-state index contributed by atoms with van der Waals surface area (Å²) in [6.07, 6.45) is 0. The van der Waals surface area contributed by atoms with Crippen molar-refractivity contribution >= 4 is 47.8 Å². The van der Waals surface area contributed by atoms with Gasteiger partial charge in [0.05, 0.1) is 5.00 Å². The van der Waals surface area contributed by atoms with E-state index in [1.807, 2.05) is 11.3 Å². The molecule has 0 spiro atoms. The summed E-state index contributed by atoms with van der Waals surface area (Å²) in [6, 6.07) is 8.74. The maximum absolute atomic E-state index is 5.77. The summed E-state index contributed by atoms with van der Waals surface area (Å²) in [5, 5.41) is 3.50. The van der Waals surface area contributed by atoms with Gasteiger partial charge in [-0.15, -0.1) is 22.7 Å². The largest absolute Gasteiger partial charge is 0.391 e. The first kappa shape index (κ1) is 8.26. The number of hydrogen-bond acceptors (Lipinski definition) is 3. The highest BCUT2D eigenvalue weighted by atomic mass is 32.1. The molecule has 2 aromatic heterocycles. The van der Waals surface area contributed by atoms with E-state index in [-0.39, 0.29) is 0 Å². The molecule has 2 heterocycles. The summed E-state index contributed by atoms with van der Waals surface area (Å²) in [6.45, 7) is 2.15. The van der Waals surface area contributed by atoms with Gasteiger partial charge in [-0.25, -0.2) is 0 Å². The SMILES string of the molecule is Cc1cc2cc3sc(N)cc3cc2s1. The maximum Gasteiger partial charge on any atom is 0.0868 e. The lowest BCUT2D eigenvalue weighted by Gasteiger charge is -1.89. The van der Waals surface area contributed by atoms with Crippen molar-refractivity contribution in [3.05, 3.63) is 29.1 Å². The predicted octanol–water partition coefficient (Wildman–Crippen LogP) is 4.01. The molecule has 1 nitrogen and oxygen atoms in total. The van der Waals surface area contributed by atoms with Crippen molar-refractivity contribution in [2.24, 2.45) is 0 Å². The molecule has 0 aliphatic rings. The Morgan fingerprint density at radius 2 is 1.57 bits per heavy atom. The zero-order chi connectivity index (χ0) is 9.71. The second kappa shape index (κ2) is 2.72. The highest BCUT2D eigenvalue weighted by molar-refractivity contribution is 7.23. The standard InChI is InChI=1S/C11H9NS2/c1-6-2-7-3-10-8(4-9(7)13-6)5-11(12)14-10/h2-5H,12H2,1H3. The Hall–Kier alpha value is -1.06. The smallest absolute Gasteiger partial charge is 0.0868 e. The van der Waals surface area contributed by atoms with Crippen molar-refractivity contribution in [1.82, 2.24) is 0 Å². The van der Waals surface area contributed by atoms with Crippen molar-refractivity contribution in [3.8, 4) is 0 Å². The molecule has 3 heteroatoms. The van der Waals surface area contributed by atoms with Crippen LogP contribution < -0.4 is 5.73 Å². The third-order valence-electron chi connectivity index (χ3n) is 2.30. The monoisotopic (exact) mass is 219 g/mol. The summed E-state index contributed by atoms with van der Waals surface area (Å²) in [4.78, 5) is 1.37.